The molecule has 4 nitrogen and oxygen atoms in total. The van der Waals surface area contributed by atoms with E-state index in [0.29, 0.717) is 28.5 Å². The van der Waals surface area contributed by atoms with Gasteiger partial charge in [0.2, 0.25) is 0 Å². The second-order valence-electron chi connectivity index (χ2n) is 4.85. The zero-order chi connectivity index (χ0) is 15.5. The fourth-order valence-electron chi connectivity index (χ4n) is 2.31. The lowest BCUT2D eigenvalue weighted by Crippen LogP contribution is -2.06. The van der Waals surface area contributed by atoms with E-state index in [2.05, 4.69) is 10.3 Å². The molecule has 0 saturated heterocycles. The van der Waals surface area contributed by atoms with E-state index in [1.807, 2.05) is 12.1 Å². The lowest BCUT2D eigenvalue weighted by Gasteiger charge is -2.09. The second-order valence-corrected chi connectivity index (χ2v) is 5.29. The fourth-order valence-corrected chi connectivity index (χ4v) is 2.43. The third kappa shape index (κ3) is 2.86. The van der Waals surface area contributed by atoms with Crippen molar-refractivity contribution in [3.05, 3.63) is 70.6 Å². The van der Waals surface area contributed by atoms with Crippen LogP contribution >= 0.6 is 11.6 Å². The summed E-state index contributed by atoms with van der Waals surface area (Å²) in [4.78, 5) is 0. The first-order chi connectivity index (χ1) is 10.7. The lowest BCUT2D eigenvalue weighted by molar-refractivity contribution is 0.620. The van der Waals surface area contributed by atoms with Gasteiger partial charge in [-0.1, -0.05) is 41.1 Å². The summed E-state index contributed by atoms with van der Waals surface area (Å²) in [6.07, 6.45) is 0. The number of rotatable bonds is 4. The molecule has 1 aromatic heterocycles. The van der Waals surface area contributed by atoms with Crippen LogP contribution in [0.1, 0.15) is 11.3 Å². The summed E-state index contributed by atoms with van der Waals surface area (Å²) >= 11 is 5.89. The molecule has 2 aromatic carbocycles. The molecule has 0 fully saturated rings. The Labute approximate surface area is 132 Å². The van der Waals surface area contributed by atoms with E-state index in [0.717, 1.165) is 5.56 Å². The molecule has 0 radical (unpaired) electrons. The van der Waals surface area contributed by atoms with E-state index in [1.54, 1.807) is 35.0 Å². The molecule has 0 saturated carbocycles. The summed E-state index contributed by atoms with van der Waals surface area (Å²) in [7, 11) is 0. The summed E-state index contributed by atoms with van der Waals surface area (Å²) in [5, 5.41) is 8.84. The van der Waals surface area contributed by atoms with Crippen LogP contribution in [-0.4, -0.2) is 15.0 Å². The highest BCUT2D eigenvalue weighted by Crippen LogP contribution is 2.25. The molecule has 112 valence electrons. The van der Waals surface area contributed by atoms with Crippen molar-refractivity contribution in [1.29, 1.82) is 0 Å². The van der Waals surface area contributed by atoms with Gasteiger partial charge in [0.25, 0.3) is 0 Å². The molecule has 3 rings (SSSR count). The molecular weight excluding hydrogens is 303 g/mol. The molecule has 2 N–H and O–H groups in total. The summed E-state index contributed by atoms with van der Waals surface area (Å²) in [6, 6.07) is 13.9. The van der Waals surface area contributed by atoms with Gasteiger partial charge in [-0.2, -0.15) is 0 Å². The van der Waals surface area contributed by atoms with Gasteiger partial charge in [0.15, 0.2) is 0 Å². The normalized spacial score (nSPS) is 10.9. The average molecular weight is 317 g/mol. The summed E-state index contributed by atoms with van der Waals surface area (Å²) in [5.41, 5.74) is 8.33. The van der Waals surface area contributed by atoms with Crippen molar-refractivity contribution in [3.8, 4) is 11.3 Å². The van der Waals surface area contributed by atoms with Crippen molar-refractivity contribution >= 4 is 11.6 Å². The van der Waals surface area contributed by atoms with Crippen LogP contribution in [0.5, 0.6) is 0 Å². The largest absolute Gasteiger partial charge is 0.325 e. The van der Waals surface area contributed by atoms with Crippen molar-refractivity contribution in [2.75, 3.05) is 0 Å². The van der Waals surface area contributed by atoms with Gasteiger partial charge in [-0.15, -0.1) is 5.10 Å². The van der Waals surface area contributed by atoms with Gasteiger partial charge < -0.3 is 5.73 Å². The van der Waals surface area contributed by atoms with E-state index >= 15 is 0 Å². The fraction of sp³-hybridized carbons (Fsp3) is 0.125. The molecule has 3 aromatic rings. The minimum atomic E-state index is -0.322. The Morgan fingerprint density at radius 1 is 1.09 bits per heavy atom. The van der Waals surface area contributed by atoms with Crippen LogP contribution in [0, 0.1) is 5.82 Å². The van der Waals surface area contributed by atoms with Gasteiger partial charge in [-0.25, -0.2) is 9.07 Å². The lowest BCUT2D eigenvalue weighted by atomic mass is 10.1. The quantitative estimate of drug-likeness (QED) is 0.804. The molecule has 22 heavy (non-hydrogen) atoms. The van der Waals surface area contributed by atoms with E-state index in [9.17, 15) is 4.39 Å². The molecular formula is C16H14ClFN4. The Kier molecular flexibility index (Phi) is 4.18. The molecule has 0 aliphatic heterocycles. The van der Waals surface area contributed by atoms with Crippen LogP contribution in [0.25, 0.3) is 11.3 Å². The van der Waals surface area contributed by atoms with Crippen LogP contribution in [0.2, 0.25) is 5.02 Å². The van der Waals surface area contributed by atoms with E-state index in [-0.39, 0.29) is 12.4 Å². The minimum absolute atomic E-state index is 0.199. The molecule has 0 aliphatic carbocycles. The zero-order valence-electron chi connectivity index (χ0n) is 11.7. The first-order valence-electron chi connectivity index (χ1n) is 6.81. The van der Waals surface area contributed by atoms with Gasteiger partial charge in [-0.3, -0.25) is 0 Å². The number of hydrogen-bond donors (Lipinski definition) is 1. The first-order valence-corrected chi connectivity index (χ1v) is 7.18. The van der Waals surface area contributed by atoms with Crippen molar-refractivity contribution in [3.63, 3.8) is 0 Å². The molecule has 0 atom stereocenters. The predicted octanol–water partition coefficient (Wildman–Crippen LogP) is 3.24. The molecule has 0 bridgehead atoms. The monoisotopic (exact) mass is 316 g/mol. The van der Waals surface area contributed by atoms with Crippen LogP contribution in [0.15, 0.2) is 48.5 Å². The van der Waals surface area contributed by atoms with Crippen molar-refractivity contribution in [1.82, 2.24) is 15.0 Å². The maximum Gasteiger partial charge on any atom is 0.132 e. The number of halogens is 2. The molecule has 0 unspecified atom stereocenters. The molecule has 0 spiro atoms. The van der Waals surface area contributed by atoms with Gasteiger partial charge in [0.05, 0.1) is 12.2 Å². The number of aromatic nitrogens is 3. The first kappa shape index (κ1) is 14.7. The smallest absolute Gasteiger partial charge is 0.132 e. The van der Waals surface area contributed by atoms with Crippen molar-refractivity contribution in [2.24, 2.45) is 5.73 Å². The Hall–Kier alpha value is -2.24. The average Bonchev–Trinajstić information content (AvgIpc) is 2.93. The third-order valence-corrected chi connectivity index (χ3v) is 3.62. The predicted molar refractivity (Wildman–Crippen MR) is 83.9 cm³/mol. The number of nitrogens with two attached hydrogens (primary N) is 1. The Balaban J connectivity index is 2.04. The third-order valence-electron chi connectivity index (χ3n) is 3.37. The maximum absolute atomic E-state index is 14.1. The number of hydrogen-bond acceptors (Lipinski definition) is 3. The molecule has 0 aliphatic rings. The van der Waals surface area contributed by atoms with E-state index < -0.39 is 0 Å². The van der Waals surface area contributed by atoms with Crippen LogP contribution in [0.3, 0.4) is 0 Å². The van der Waals surface area contributed by atoms with Crippen molar-refractivity contribution in [2.45, 2.75) is 13.1 Å². The molecule has 1 heterocycles. The summed E-state index contributed by atoms with van der Waals surface area (Å²) in [6.45, 7) is 0.665. The second kappa shape index (κ2) is 6.25. The Morgan fingerprint density at radius 3 is 2.50 bits per heavy atom. The highest BCUT2D eigenvalue weighted by atomic mass is 35.5. The van der Waals surface area contributed by atoms with Crippen molar-refractivity contribution < 1.29 is 4.39 Å². The maximum atomic E-state index is 14.1. The minimum Gasteiger partial charge on any atom is -0.325 e. The highest BCUT2D eigenvalue weighted by molar-refractivity contribution is 6.30. The Morgan fingerprint density at radius 2 is 1.82 bits per heavy atom. The van der Waals surface area contributed by atoms with Crippen LogP contribution in [0.4, 0.5) is 4.39 Å². The molecule has 0 amide bonds. The number of benzene rings is 2. The standard InChI is InChI=1S/C16H14ClFN4/c17-12-7-5-11(6-8-12)10-22-16(15(9-19)20-21-22)13-3-1-2-4-14(13)18/h1-8H,9-10,19H2. The Bertz CT molecular complexity index is 783. The number of nitrogens with zero attached hydrogens (tertiary/aromatic N) is 3. The van der Waals surface area contributed by atoms with E-state index in [1.165, 1.54) is 6.07 Å². The summed E-state index contributed by atoms with van der Waals surface area (Å²) < 4.78 is 15.8. The highest BCUT2D eigenvalue weighted by Gasteiger charge is 2.17. The SMILES string of the molecule is NCc1nnn(Cc2ccc(Cl)cc2)c1-c1ccccc1F. The van der Waals surface area contributed by atoms with Crippen LogP contribution < -0.4 is 5.73 Å². The van der Waals surface area contributed by atoms with Gasteiger partial charge in [0, 0.05) is 17.1 Å². The topological polar surface area (TPSA) is 56.7 Å². The van der Waals surface area contributed by atoms with E-state index in [4.69, 9.17) is 17.3 Å². The van der Waals surface area contributed by atoms with Crippen LogP contribution in [-0.2, 0) is 13.1 Å². The van der Waals surface area contributed by atoms with Gasteiger partial charge in [-0.05, 0) is 29.8 Å². The summed E-state index contributed by atoms with van der Waals surface area (Å²) in [5.74, 6) is -0.322. The zero-order valence-corrected chi connectivity index (χ0v) is 12.5. The van der Waals surface area contributed by atoms with Gasteiger partial charge >= 0.3 is 0 Å². The van der Waals surface area contributed by atoms with Gasteiger partial charge in [0.1, 0.15) is 11.5 Å². The molecule has 6 heteroatoms.